The third-order valence-corrected chi connectivity index (χ3v) is 6.95. The lowest BCUT2D eigenvalue weighted by Gasteiger charge is -2.32. The van der Waals surface area contributed by atoms with Crippen molar-refractivity contribution in [3.8, 4) is 11.5 Å². The molecule has 3 heterocycles. The predicted octanol–water partition coefficient (Wildman–Crippen LogP) is 3.76. The summed E-state index contributed by atoms with van der Waals surface area (Å²) in [4.78, 5) is 14.3. The van der Waals surface area contributed by atoms with E-state index in [1.807, 2.05) is 18.3 Å². The molecule has 2 aromatic rings. The number of para-hydroxylation sites is 1. The second-order valence-corrected chi connectivity index (χ2v) is 9.27. The fourth-order valence-electron chi connectivity index (χ4n) is 4.46. The summed E-state index contributed by atoms with van der Waals surface area (Å²) in [5, 5.41) is 11.3. The lowest BCUT2D eigenvalue weighted by Crippen LogP contribution is -2.34. The molecule has 162 valence electrons. The van der Waals surface area contributed by atoms with Gasteiger partial charge in [-0.25, -0.2) is 9.97 Å². The van der Waals surface area contributed by atoms with Crippen LogP contribution in [-0.2, 0) is 6.54 Å². The van der Waals surface area contributed by atoms with Gasteiger partial charge in [-0.3, -0.25) is 4.90 Å². The van der Waals surface area contributed by atoms with Crippen molar-refractivity contribution in [1.82, 2.24) is 19.8 Å². The summed E-state index contributed by atoms with van der Waals surface area (Å²) in [6.45, 7) is 6.31. The number of likely N-dealkylation sites (tertiary alicyclic amines) is 2. The van der Waals surface area contributed by atoms with Gasteiger partial charge in [0.25, 0.3) is 0 Å². The summed E-state index contributed by atoms with van der Waals surface area (Å²) in [7, 11) is 1.59. The fourth-order valence-corrected chi connectivity index (χ4v) is 5.30. The van der Waals surface area contributed by atoms with Crippen molar-refractivity contribution in [3.63, 3.8) is 0 Å². The van der Waals surface area contributed by atoms with E-state index in [9.17, 15) is 5.11 Å². The molecule has 2 fully saturated rings. The van der Waals surface area contributed by atoms with Crippen LogP contribution in [0.25, 0.3) is 0 Å². The van der Waals surface area contributed by atoms with Crippen LogP contribution in [0.2, 0.25) is 0 Å². The van der Waals surface area contributed by atoms with Gasteiger partial charge in [0.05, 0.1) is 7.11 Å². The molecule has 0 aliphatic carbocycles. The third kappa shape index (κ3) is 5.45. The molecule has 0 bridgehead atoms. The van der Waals surface area contributed by atoms with Crippen LogP contribution in [0.1, 0.15) is 42.9 Å². The second-order valence-electron chi connectivity index (χ2n) is 8.20. The molecule has 2 aliphatic heterocycles. The molecule has 1 atom stereocenters. The molecule has 30 heavy (non-hydrogen) atoms. The van der Waals surface area contributed by atoms with E-state index in [1.54, 1.807) is 24.9 Å². The van der Waals surface area contributed by atoms with Gasteiger partial charge in [-0.05, 0) is 57.5 Å². The van der Waals surface area contributed by atoms with Crippen LogP contribution in [0.15, 0.2) is 35.6 Å². The van der Waals surface area contributed by atoms with Crippen molar-refractivity contribution in [2.24, 2.45) is 0 Å². The minimum atomic E-state index is 0.251. The first-order chi connectivity index (χ1) is 14.7. The number of thioether (sulfide) groups is 1. The lowest BCUT2D eigenvalue weighted by molar-refractivity contribution is 0.195. The Morgan fingerprint density at radius 2 is 1.97 bits per heavy atom. The fraction of sp³-hybridized carbons (Fsp3) is 0.565. The minimum Gasteiger partial charge on any atom is -0.504 e. The summed E-state index contributed by atoms with van der Waals surface area (Å²) in [5.74, 6) is 2.25. The SMILES string of the molecule is COc1cccc(CN2CCC[C@@H](c3ccnc(SCCN4CCCC4)n3)C2)c1O. The monoisotopic (exact) mass is 428 g/mol. The number of rotatable bonds is 8. The van der Waals surface area contributed by atoms with E-state index in [-0.39, 0.29) is 5.75 Å². The number of phenols is 1. The molecule has 2 aliphatic rings. The highest BCUT2D eigenvalue weighted by atomic mass is 32.2. The first kappa shape index (κ1) is 21.4. The van der Waals surface area contributed by atoms with Crippen LogP contribution in [-0.4, -0.2) is 70.5 Å². The molecular formula is C23H32N4O2S. The molecule has 0 unspecified atom stereocenters. The maximum Gasteiger partial charge on any atom is 0.187 e. The molecular weight excluding hydrogens is 396 g/mol. The number of ether oxygens (including phenoxy) is 1. The van der Waals surface area contributed by atoms with Gasteiger partial charge in [0.15, 0.2) is 16.7 Å². The topological polar surface area (TPSA) is 61.7 Å². The highest BCUT2D eigenvalue weighted by Crippen LogP contribution is 2.32. The molecule has 7 heteroatoms. The van der Waals surface area contributed by atoms with Crippen molar-refractivity contribution in [2.75, 3.05) is 45.6 Å². The smallest absolute Gasteiger partial charge is 0.187 e. The van der Waals surface area contributed by atoms with Gasteiger partial charge in [0, 0.05) is 48.8 Å². The summed E-state index contributed by atoms with van der Waals surface area (Å²) < 4.78 is 5.25. The van der Waals surface area contributed by atoms with Gasteiger partial charge in [0.2, 0.25) is 0 Å². The van der Waals surface area contributed by atoms with Gasteiger partial charge >= 0.3 is 0 Å². The standard InChI is InChI=1S/C23H32N4O2S/c1-29-21-8-4-6-19(22(21)28)17-27-13-5-7-18(16-27)20-9-10-24-23(25-20)30-15-14-26-11-2-3-12-26/h4,6,8-10,18,28H,2-3,5,7,11-17H2,1H3/t18-/m1/s1. The van der Waals surface area contributed by atoms with Crippen molar-refractivity contribution in [1.29, 1.82) is 0 Å². The number of benzene rings is 1. The molecule has 1 aromatic heterocycles. The number of piperidine rings is 1. The number of hydrogen-bond acceptors (Lipinski definition) is 7. The number of phenolic OH excluding ortho intramolecular Hbond substituents is 1. The summed E-state index contributed by atoms with van der Waals surface area (Å²) in [6.07, 6.45) is 6.87. The molecule has 1 N–H and O–H groups in total. The number of methoxy groups -OCH3 is 1. The zero-order valence-electron chi connectivity index (χ0n) is 17.8. The van der Waals surface area contributed by atoms with Gasteiger partial charge in [-0.15, -0.1) is 0 Å². The van der Waals surface area contributed by atoms with E-state index in [4.69, 9.17) is 9.72 Å². The lowest BCUT2D eigenvalue weighted by atomic mass is 9.94. The highest BCUT2D eigenvalue weighted by molar-refractivity contribution is 7.99. The summed E-state index contributed by atoms with van der Waals surface area (Å²) >= 11 is 1.77. The Hall–Kier alpha value is -1.83. The van der Waals surface area contributed by atoms with Gasteiger partial charge in [-0.2, -0.15) is 0 Å². The Morgan fingerprint density at radius 1 is 1.13 bits per heavy atom. The molecule has 6 nitrogen and oxygen atoms in total. The number of hydrogen-bond donors (Lipinski definition) is 1. The van der Waals surface area contributed by atoms with Crippen LogP contribution >= 0.6 is 11.8 Å². The normalized spacial score (nSPS) is 20.5. The quantitative estimate of drug-likeness (QED) is 0.507. The number of aromatic hydroxyl groups is 1. The van der Waals surface area contributed by atoms with Crippen molar-refractivity contribution in [3.05, 3.63) is 41.7 Å². The van der Waals surface area contributed by atoms with Gasteiger partial charge < -0.3 is 14.7 Å². The Labute approximate surface area is 183 Å². The van der Waals surface area contributed by atoms with Crippen LogP contribution < -0.4 is 4.74 Å². The van der Waals surface area contributed by atoms with Gasteiger partial charge in [-0.1, -0.05) is 23.9 Å². The van der Waals surface area contributed by atoms with E-state index in [1.165, 1.54) is 25.9 Å². The highest BCUT2D eigenvalue weighted by Gasteiger charge is 2.24. The van der Waals surface area contributed by atoms with E-state index < -0.39 is 0 Å². The second kappa shape index (κ2) is 10.5. The number of nitrogens with zero attached hydrogens (tertiary/aromatic N) is 4. The van der Waals surface area contributed by atoms with E-state index >= 15 is 0 Å². The molecule has 1 aromatic carbocycles. The average molecular weight is 429 g/mol. The van der Waals surface area contributed by atoms with Crippen LogP contribution in [0.3, 0.4) is 0 Å². The maximum absolute atomic E-state index is 10.4. The van der Waals surface area contributed by atoms with Crippen LogP contribution in [0, 0.1) is 0 Å². The zero-order chi connectivity index (χ0) is 20.8. The third-order valence-electron chi connectivity index (χ3n) is 6.11. The zero-order valence-corrected chi connectivity index (χ0v) is 18.6. The first-order valence-electron chi connectivity index (χ1n) is 11.0. The largest absolute Gasteiger partial charge is 0.504 e. The molecule has 0 radical (unpaired) electrons. The average Bonchev–Trinajstić information content (AvgIpc) is 3.29. The molecule has 0 saturated carbocycles. The van der Waals surface area contributed by atoms with Gasteiger partial charge in [0.1, 0.15) is 0 Å². The van der Waals surface area contributed by atoms with Crippen LogP contribution in [0.4, 0.5) is 0 Å². The maximum atomic E-state index is 10.4. The first-order valence-corrected chi connectivity index (χ1v) is 12.0. The van der Waals surface area contributed by atoms with Crippen molar-refractivity contribution >= 4 is 11.8 Å². The van der Waals surface area contributed by atoms with Crippen LogP contribution in [0.5, 0.6) is 11.5 Å². The van der Waals surface area contributed by atoms with Crippen molar-refractivity contribution < 1.29 is 9.84 Å². The molecule has 0 amide bonds. The van der Waals surface area contributed by atoms with E-state index in [0.717, 1.165) is 61.2 Å². The van der Waals surface area contributed by atoms with E-state index in [0.29, 0.717) is 11.7 Å². The predicted molar refractivity (Wildman–Crippen MR) is 120 cm³/mol. The van der Waals surface area contributed by atoms with E-state index in [2.05, 4.69) is 20.9 Å². The Balaban J connectivity index is 1.35. The minimum absolute atomic E-state index is 0.251. The number of aromatic nitrogens is 2. The molecule has 4 rings (SSSR count). The Bertz CT molecular complexity index is 829. The molecule has 0 spiro atoms. The summed E-state index contributed by atoms with van der Waals surface area (Å²) in [6, 6.07) is 7.77. The Kier molecular flexibility index (Phi) is 7.47. The molecule has 2 saturated heterocycles. The summed E-state index contributed by atoms with van der Waals surface area (Å²) in [5.41, 5.74) is 2.06. The Morgan fingerprint density at radius 3 is 2.80 bits per heavy atom. The van der Waals surface area contributed by atoms with Crippen molar-refractivity contribution in [2.45, 2.75) is 43.3 Å².